The van der Waals surface area contributed by atoms with Gasteiger partial charge in [0.05, 0.1) is 29.5 Å². The highest BCUT2D eigenvalue weighted by Crippen LogP contribution is 2.29. The molecule has 2 aliphatic heterocycles. The molecule has 2 N–H and O–H groups in total. The van der Waals surface area contributed by atoms with Crippen LogP contribution in [0.15, 0.2) is 33.4 Å². The Morgan fingerprint density at radius 3 is 2.95 bits per heavy atom. The molecule has 1 atom stereocenters. The maximum absolute atomic E-state index is 12.6. The summed E-state index contributed by atoms with van der Waals surface area (Å²) < 4.78 is 12.6. The number of carbonyl (C=O) groups excluding carboxylic acids is 1. The number of fused-ring (bicyclic) bond motifs is 1. The topological polar surface area (TPSA) is 77.3 Å². The number of rotatable bonds is 2. The second-order valence-electron chi connectivity index (χ2n) is 6.43. The van der Waals surface area contributed by atoms with Gasteiger partial charge in [0.2, 0.25) is 0 Å². The lowest BCUT2D eigenvalue weighted by molar-refractivity contribution is -0.121. The number of halogens is 1. The molecule has 0 radical (unpaired) electrons. The maximum atomic E-state index is 12.6. The lowest BCUT2D eigenvalue weighted by Crippen LogP contribution is -2.36. The van der Waals surface area contributed by atoms with Gasteiger partial charge in [-0.1, -0.05) is 10.6 Å². The Bertz CT molecular complexity index is 633. The van der Waals surface area contributed by atoms with Gasteiger partial charge in [-0.15, -0.1) is 0 Å². The second-order valence-corrected chi connectivity index (χ2v) is 6.43. The summed E-state index contributed by atoms with van der Waals surface area (Å²) in [5.74, 6) is -0.411. The van der Waals surface area contributed by atoms with Crippen LogP contribution in [-0.4, -0.2) is 45.8 Å². The zero-order chi connectivity index (χ0) is 15.9. The minimum Gasteiger partial charge on any atom is -0.393 e. The molecule has 0 saturated heterocycles. The van der Waals surface area contributed by atoms with Crippen molar-refractivity contribution in [2.45, 2.75) is 44.8 Å². The number of aliphatic imine (C=N–C) groups is 1. The van der Waals surface area contributed by atoms with Crippen molar-refractivity contribution in [3.05, 3.63) is 23.3 Å². The SMILES string of the molecule is CC1(C)CN2N=C(C3=CCC(O)CC3)C=C(C(=O)NF)C2=N1. The molecule has 0 aromatic rings. The van der Waals surface area contributed by atoms with Gasteiger partial charge in [-0.2, -0.15) is 10.6 Å². The number of aliphatic hydroxyl groups is 1. The first-order valence-corrected chi connectivity index (χ1v) is 7.36. The number of amidine groups is 1. The molecule has 0 fully saturated rings. The summed E-state index contributed by atoms with van der Waals surface area (Å²) in [7, 11) is 0. The number of carbonyl (C=O) groups is 1. The molecule has 3 rings (SSSR count). The van der Waals surface area contributed by atoms with Crippen LogP contribution in [0.4, 0.5) is 4.48 Å². The predicted octanol–water partition coefficient (Wildman–Crippen LogP) is 1.25. The van der Waals surface area contributed by atoms with E-state index in [1.165, 1.54) is 5.54 Å². The van der Waals surface area contributed by atoms with E-state index in [-0.39, 0.29) is 17.2 Å². The van der Waals surface area contributed by atoms with Crippen molar-refractivity contribution >= 4 is 17.5 Å². The van der Waals surface area contributed by atoms with Crippen molar-refractivity contribution < 1.29 is 14.4 Å². The lowest BCUT2D eigenvalue weighted by Gasteiger charge is -2.25. The summed E-state index contributed by atoms with van der Waals surface area (Å²) >= 11 is 0. The molecule has 2 heterocycles. The zero-order valence-electron chi connectivity index (χ0n) is 12.6. The van der Waals surface area contributed by atoms with E-state index in [1.807, 2.05) is 19.9 Å². The van der Waals surface area contributed by atoms with E-state index in [1.54, 1.807) is 11.1 Å². The molecule has 1 amide bonds. The lowest BCUT2D eigenvalue weighted by atomic mass is 9.92. The van der Waals surface area contributed by atoms with E-state index in [2.05, 4.69) is 10.1 Å². The van der Waals surface area contributed by atoms with E-state index in [9.17, 15) is 14.4 Å². The molecular formula is C15H19FN4O2. The largest absolute Gasteiger partial charge is 0.393 e. The van der Waals surface area contributed by atoms with Gasteiger partial charge in [-0.05, 0) is 44.8 Å². The summed E-state index contributed by atoms with van der Waals surface area (Å²) in [6.07, 6.45) is 5.10. The summed E-state index contributed by atoms with van der Waals surface area (Å²) in [4.78, 5) is 16.3. The standard InChI is InChI=1S/C15H19FN4O2/c1-15(2)8-20-13(17-15)11(14(22)18-16)7-12(19-20)9-3-5-10(21)6-4-9/h3,7,10,21H,4-6,8H2,1-2H3,(H,18,22). The third kappa shape index (κ3) is 2.68. The molecule has 1 aliphatic carbocycles. The van der Waals surface area contributed by atoms with Crippen molar-refractivity contribution in [2.24, 2.45) is 10.1 Å². The van der Waals surface area contributed by atoms with Crippen LogP contribution in [0.1, 0.15) is 33.1 Å². The third-order valence-corrected chi connectivity index (χ3v) is 3.98. The van der Waals surface area contributed by atoms with E-state index >= 15 is 0 Å². The van der Waals surface area contributed by atoms with Crippen LogP contribution in [0, 0.1) is 0 Å². The molecule has 3 aliphatic rings. The molecule has 1 unspecified atom stereocenters. The van der Waals surface area contributed by atoms with Gasteiger partial charge < -0.3 is 5.11 Å². The molecule has 0 saturated carbocycles. The van der Waals surface area contributed by atoms with Gasteiger partial charge in [-0.25, -0.2) is 5.01 Å². The molecule has 0 aromatic carbocycles. The zero-order valence-corrected chi connectivity index (χ0v) is 12.6. The first-order valence-electron chi connectivity index (χ1n) is 7.36. The Labute approximate surface area is 128 Å². The van der Waals surface area contributed by atoms with Crippen molar-refractivity contribution in [1.29, 1.82) is 0 Å². The Morgan fingerprint density at radius 1 is 1.55 bits per heavy atom. The average molecular weight is 306 g/mol. The monoisotopic (exact) mass is 306 g/mol. The van der Waals surface area contributed by atoms with E-state index in [0.717, 1.165) is 5.57 Å². The Balaban J connectivity index is 1.98. The van der Waals surface area contributed by atoms with Gasteiger partial charge in [-0.3, -0.25) is 9.79 Å². The van der Waals surface area contributed by atoms with Gasteiger partial charge in [0.25, 0.3) is 5.91 Å². The molecule has 118 valence electrons. The predicted molar refractivity (Wildman–Crippen MR) is 80.9 cm³/mol. The van der Waals surface area contributed by atoms with Crippen molar-refractivity contribution in [2.75, 3.05) is 6.54 Å². The fraction of sp³-hybridized carbons (Fsp3) is 0.533. The van der Waals surface area contributed by atoms with Gasteiger partial charge in [0.15, 0.2) is 5.84 Å². The quantitative estimate of drug-likeness (QED) is 0.754. The molecule has 0 bridgehead atoms. The number of amides is 1. The van der Waals surface area contributed by atoms with Crippen LogP contribution in [0.3, 0.4) is 0 Å². The number of hydrogen-bond acceptors (Lipinski definition) is 5. The van der Waals surface area contributed by atoms with Crippen LogP contribution in [0.25, 0.3) is 0 Å². The summed E-state index contributed by atoms with van der Waals surface area (Å²) in [6, 6.07) is 0. The summed E-state index contributed by atoms with van der Waals surface area (Å²) in [5.41, 5.74) is 2.60. The van der Waals surface area contributed by atoms with Crippen LogP contribution >= 0.6 is 0 Å². The molecule has 7 heteroatoms. The molecular weight excluding hydrogens is 287 g/mol. The number of allylic oxidation sites excluding steroid dienone is 2. The smallest absolute Gasteiger partial charge is 0.282 e. The van der Waals surface area contributed by atoms with Crippen molar-refractivity contribution in [1.82, 2.24) is 10.5 Å². The highest BCUT2D eigenvalue weighted by Gasteiger charge is 2.38. The summed E-state index contributed by atoms with van der Waals surface area (Å²) in [5, 5.41) is 15.8. The average Bonchev–Trinajstić information content (AvgIpc) is 2.80. The Morgan fingerprint density at radius 2 is 2.32 bits per heavy atom. The van der Waals surface area contributed by atoms with Crippen LogP contribution in [-0.2, 0) is 4.79 Å². The van der Waals surface area contributed by atoms with Crippen LogP contribution < -0.4 is 5.54 Å². The first kappa shape index (κ1) is 14.9. The highest BCUT2D eigenvalue weighted by atomic mass is 19.2. The number of nitrogens with one attached hydrogen (secondary N) is 1. The Hall–Kier alpha value is -2.02. The fourth-order valence-electron chi connectivity index (χ4n) is 2.89. The Kier molecular flexibility index (Phi) is 3.60. The molecule has 0 aromatic heterocycles. The second kappa shape index (κ2) is 5.31. The first-order chi connectivity index (χ1) is 10.4. The number of hydrogen-bond donors (Lipinski definition) is 2. The van der Waals surface area contributed by atoms with E-state index < -0.39 is 5.91 Å². The molecule has 0 spiro atoms. The van der Waals surface area contributed by atoms with Crippen molar-refractivity contribution in [3.63, 3.8) is 0 Å². The number of nitrogens with zero attached hydrogens (tertiary/aromatic N) is 3. The van der Waals surface area contributed by atoms with Gasteiger partial charge >= 0.3 is 0 Å². The van der Waals surface area contributed by atoms with Gasteiger partial charge in [0, 0.05) is 0 Å². The highest BCUT2D eigenvalue weighted by molar-refractivity contribution is 6.28. The third-order valence-electron chi connectivity index (χ3n) is 3.98. The minimum absolute atomic E-state index is 0.185. The minimum atomic E-state index is -0.815. The fourth-order valence-corrected chi connectivity index (χ4v) is 2.89. The number of aliphatic hydroxyl groups excluding tert-OH is 1. The molecule has 6 nitrogen and oxygen atoms in total. The van der Waals surface area contributed by atoms with Crippen LogP contribution in [0.5, 0.6) is 0 Å². The van der Waals surface area contributed by atoms with Gasteiger partial charge in [0.1, 0.15) is 0 Å². The van der Waals surface area contributed by atoms with E-state index in [0.29, 0.717) is 37.4 Å². The van der Waals surface area contributed by atoms with Crippen molar-refractivity contribution in [3.8, 4) is 0 Å². The number of hydrazone groups is 1. The van der Waals surface area contributed by atoms with Crippen LogP contribution in [0.2, 0.25) is 0 Å². The normalized spacial score (nSPS) is 26.5. The maximum Gasteiger partial charge on any atom is 0.282 e. The summed E-state index contributed by atoms with van der Waals surface area (Å²) in [6.45, 7) is 4.42. The molecule has 22 heavy (non-hydrogen) atoms. The van der Waals surface area contributed by atoms with E-state index in [4.69, 9.17) is 0 Å².